The molecule has 3 unspecified atom stereocenters. The highest BCUT2D eigenvalue weighted by Crippen LogP contribution is 2.32. The highest BCUT2D eigenvalue weighted by Gasteiger charge is 2.37. The SMILES string of the molecule is COC1CC(C(=O)N2CCC(c3ccccc3)CC2)CCC1NC1CCOCC1. The van der Waals surface area contributed by atoms with Gasteiger partial charge in [0.15, 0.2) is 0 Å². The summed E-state index contributed by atoms with van der Waals surface area (Å²) in [6.45, 7) is 3.47. The second-order valence-electron chi connectivity index (χ2n) is 8.95. The van der Waals surface area contributed by atoms with Crippen molar-refractivity contribution in [2.45, 2.75) is 69.1 Å². The molecule has 0 aromatic heterocycles. The van der Waals surface area contributed by atoms with Gasteiger partial charge in [-0.05, 0) is 56.4 Å². The van der Waals surface area contributed by atoms with Crippen molar-refractivity contribution >= 4 is 5.91 Å². The van der Waals surface area contributed by atoms with Crippen molar-refractivity contribution in [3.8, 4) is 0 Å². The summed E-state index contributed by atoms with van der Waals surface area (Å²) < 4.78 is 11.3. The molecule has 1 N–H and O–H groups in total. The molecule has 0 spiro atoms. The lowest BCUT2D eigenvalue weighted by atomic mass is 9.81. The van der Waals surface area contributed by atoms with E-state index >= 15 is 0 Å². The molecule has 3 atom stereocenters. The molecule has 0 radical (unpaired) electrons. The van der Waals surface area contributed by atoms with Crippen LogP contribution >= 0.6 is 0 Å². The molecule has 2 saturated heterocycles. The average Bonchev–Trinajstić information content (AvgIpc) is 2.80. The van der Waals surface area contributed by atoms with E-state index < -0.39 is 0 Å². The molecule has 1 saturated carbocycles. The Labute approximate surface area is 175 Å². The molecule has 1 aromatic rings. The topological polar surface area (TPSA) is 50.8 Å². The third-order valence-electron chi connectivity index (χ3n) is 7.19. The number of amides is 1. The lowest BCUT2D eigenvalue weighted by Gasteiger charge is -2.40. The maximum Gasteiger partial charge on any atom is 0.225 e. The van der Waals surface area contributed by atoms with Gasteiger partial charge in [0.2, 0.25) is 5.91 Å². The second-order valence-corrected chi connectivity index (χ2v) is 8.95. The van der Waals surface area contributed by atoms with Gasteiger partial charge in [-0.2, -0.15) is 0 Å². The quantitative estimate of drug-likeness (QED) is 0.824. The van der Waals surface area contributed by atoms with Crippen LogP contribution in [-0.2, 0) is 14.3 Å². The first-order valence-corrected chi connectivity index (χ1v) is 11.4. The highest BCUT2D eigenvalue weighted by molar-refractivity contribution is 5.79. The number of likely N-dealkylation sites (tertiary alicyclic amines) is 1. The molecule has 5 nitrogen and oxygen atoms in total. The largest absolute Gasteiger partial charge is 0.381 e. The molecule has 5 heteroatoms. The van der Waals surface area contributed by atoms with E-state index in [0.29, 0.717) is 23.9 Å². The van der Waals surface area contributed by atoms with Gasteiger partial charge < -0.3 is 19.7 Å². The first kappa shape index (κ1) is 20.8. The predicted molar refractivity (Wildman–Crippen MR) is 114 cm³/mol. The van der Waals surface area contributed by atoms with Gasteiger partial charge in [0.25, 0.3) is 0 Å². The first-order valence-electron chi connectivity index (χ1n) is 11.4. The van der Waals surface area contributed by atoms with Crippen LogP contribution < -0.4 is 5.32 Å². The number of piperidine rings is 1. The summed E-state index contributed by atoms with van der Waals surface area (Å²) in [4.78, 5) is 15.3. The Bertz CT molecular complexity index is 639. The van der Waals surface area contributed by atoms with Gasteiger partial charge in [-0.15, -0.1) is 0 Å². The molecule has 2 heterocycles. The Hall–Kier alpha value is -1.43. The summed E-state index contributed by atoms with van der Waals surface area (Å²) in [5.41, 5.74) is 1.42. The zero-order chi connectivity index (χ0) is 20.1. The third-order valence-corrected chi connectivity index (χ3v) is 7.19. The fourth-order valence-electron chi connectivity index (χ4n) is 5.39. The minimum absolute atomic E-state index is 0.112. The van der Waals surface area contributed by atoms with E-state index in [4.69, 9.17) is 9.47 Å². The lowest BCUT2D eigenvalue weighted by Crippen LogP contribution is -2.52. The van der Waals surface area contributed by atoms with Crippen LogP contribution in [0.3, 0.4) is 0 Å². The minimum Gasteiger partial charge on any atom is -0.381 e. The minimum atomic E-state index is 0.112. The number of nitrogens with one attached hydrogen (secondary N) is 1. The summed E-state index contributed by atoms with van der Waals surface area (Å²) in [6.07, 6.45) is 7.26. The molecule has 29 heavy (non-hydrogen) atoms. The summed E-state index contributed by atoms with van der Waals surface area (Å²) >= 11 is 0. The number of carbonyl (C=O) groups is 1. The highest BCUT2D eigenvalue weighted by atomic mass is 16.5. The van der Waals surface area contributed by atoms with Gasteiger partial charge in [-0.1, -0.05) is 30.3 Å². The van der Waals surface area contributed by atoms with E-state index in [0.717, 1.165) is 71.2 Å². The van der Waals surface area contributed by atoms with Gasteiger partial charge in [0, 0.05) is 51.4 Å². The first-order chi connectivity index (χ1) is 14.2. The van der Waals surface area contributed by atoms with Crippen LogP contribution in [0, 0.1) is 5.92 Å². The number of hydrogen-bond acceptors (Lipinski definition) is 4. The number of hydrogen-bond donors (Lipinski definition) is 1. The number of ether oxygens (including phenoxy) is 2. The van der Waals surface area contributed by atoms with Crippen molar-refractivity contribution < 1.29 is 14.3 Å². The average molecular weight is 401 g/mol. The maximum absolute atomic E-state index is 13.2. The van der Waals surface area contributed by atoms with E-state index in [2.05, 4.69) is 40.5 Å². The monoisotopic (exact) mass is 400 g/mol. The van der Waals surface area contributed by atoms with E-state index in [1.807, 2.05) is 0 Å². The van der Waals surface area contributed by atoms with Crippen LogP contribution in [0.25, 0.3) is 0 Å². The molecular formula is C24H36N2O3. The third kappa shape index (κ3) is 5.19. The number of benzene rings is 1. The van der Waals surface area contributed by atoms with Crippen LogP contribution in [-0.4, -0.2) is 62.4 Å². The Morgan fingerprint density at radius 2 is 1.76 bits per heavy atom. The molecule has 160 valence electrons. The molecule has 1 aliphatic carbocycles. The molecule has 1 amide bonds. The van der Waals surface area contributed by atoms with Crippen molar-refractivity contribution in [1.82, 2.24) is 10.2 Å². The number of carbonyl (C=O) groups excluding carboxylic acids is 1. The van der Waals surface area contributed by atoms with Crippen LogP contribution in [0.1, 0.15) is 56.4 Å². The molecule has 0 bridgehead atoms. The van der Waals surface area contributed by atoms with Gasteiger partial charge in [0.05, 0.1) is 6.10 Å². The lowest BCUT2D eigenvalue weighted by molar-refractivity contribution is -0.139. The van der Waals surface area contributed by atoms with Crippen LogP contribution in [0.5, 0.6) is 0 Å². The van der Waals surface area contributed by atoms with E-state index in [1.54, 1.807) is 7.11 Å². The van der Waals surface area contributed by atoms with Gasteiger partial charge >= 0.3 is 0 Å². The van der Waals surface area contributed by atoms with Crippen molar-refractivity contribution in [3.63, 3.8) is 0 Å². The summed E-state index contributed by atoms with van der Waals surface area (Å²) in [5, 5.41) is 3.79. The van der Waals surface area contributed by atoms with Crippen LogP contribution in [0.4, 0.5) is 0 Å². The molecule has 2 aliphatic heterocycles. The van der Waals surface area contributed by atoms with Gasteiger partial charge in [-0.25, -0.2) is 0 Å². The van der Waals surface area contributed by atoms with Crippen molar-refractivity contribution in [1.29, 1.82) is 0 Å². The molecule has 3 aliphatic rings. The Balaban J connectivity index is 1.27. The Morgan fingerprint density at radius 3 is 2.45 bits per heavy atom. The second kappa shape index (κ2) is 10.1. The predicted octanol–water partition coefficient (Wildman–Crippen LogP) is 3.34. The molecule has 1 aromatic carbocycles. The van der Waals surface area contributed by atoms with Gasteiger partial charge in [-0.3, -0.25) is 4.79 Å². The normalized spacial score (nSPS) is 29.7. The van der Waals surface area contributed by atoms with Crippen molar-refractivity contribution in [2.75, 3.05) is 33.4 Å². The van der Waals surface area contributed by atoms with E-state index in [9.17, 15) is 4.79 Å². The van der Waals surface area contributed by atoms with Crippen LogP contribution in [0.2, 0.25) is 0 Å². The summed E-state index contributed by atoms with van der Waals surface area (Å²) in [6, 6.07) is 11.6. The number of methoxy groups -OCH3 is 1. The molecular weight excluding hydrogens is 364 g/mol. The maximum atomic E-state index is 13.2. The van der Waals surface area contributed by atoms with Crippen molar-refractivity contribution in [2.24, 2.45) is 5.92 Å². The standard InChI is InChI=1S/C24H36N2O3/c1-28-23-17-20(7-8-22(23)25-21-11-15-29-16-12-21)24(27)26-13-9-19(10-14-26)18-5-3-2-4-6-18/h2-6,19-23,25H,7-17H2,1H3. The summed E-state index contributed by atoms with van der Waals surface area (Å²) in [7, 11) is 1.79. The fraction of sp³-hybridized carbons (Fsp3) is 0.708. The Kier molecular flexibility index (Phi) is 7.22. The van der Waals surface area contributed by atoms with Crippen LogP contribution in [0.15, 0.2) is 30.3 Å². The Morgan fingerprint density at radius 1 is 1.03 bits per heavy atom. The van der Waals surface area contributed by atoms with E-state index in [-0.39, 0.29) is 12.0 Å². The van der Waals surface area contributed by atoms with Gasteiger partial charge in [0.1, 0.15) is 0 Å². The number of rotatable bonds is 5. The molecule has 3 fully saturated rings. The fourth-order valence-corrected chi connectivity index (χ4v) is 5.39. The summed E-state index contributed by atoms with van der Waals surface area (Å²) in [5.74, 6) is 1.05. The smallest absolute Gasteiger partial charge is 0.225 e. The van der Waals surface area contributed by atoms with Crippen molar-refractivity contribution in [3.05, 3.63) is 35.9 Å². The zero-order valence-corrected chi connectivity index (χ0v) is 17.7. The number of nitrogens with zero attached hydrogens (tertiary/aromatic N) is 1. The molecule has 4 rings (SSSR count). The zero-order valence-electron chi connectivity index (χ0n) is 17.7. The van der Waals surface area contributed by atoms with E-state index in [1.165, 1.54) is 5.56 Å².